The lowest BCUT2D eigenvalue weighted by Gasteiger charge is -2.22. The molecule has 1 atom stereocenters. The molecule has 0 aromatic heterocycles. The topological polar surface area (TPSA) is 21.6 Å². The van der Waals surface area contributed by atoms with Gasteiger partial charge in [0.2, 0.25) is 0 Å². The third-order valence-corrected chi connectivity index (χ3v) is 7.86. The fraction of sp³-hybridized carbons (Fsp3) is 0.269. The Morgan fingerprint density at radius 1 is 0.828 bits per heavy atom. The van der Waals surface area contributed by atoms with E-state index in [-0.39, 0.29) is 11.5 Å². The van der Waals surface area contributed by atoms with Crippen molar-refractivity contribution in [3.63, 3.8) is 0 Å². The molecule has 0 fully saturated rings. The highest BCUT2D eigenvalue weighted by atomic mass is 31.1. The number of nitrogens with zero attached hydrogens (tertiary/aromatic N) is 1. The molecule has 0 bridgehead atoms. The van der Waals surface area contributed by atoms with E-state index in [1.54, 1.807) is 0 Å². The second-order valence-corrected chi connectivity index (χ2v) is 10.7. The molecule has 0 amide bonds. The Kier molecular flexibility index (Phi) is 5.83. The minimum Gasteiger partial charge on any atom is -0.478 e. The Morgan fingerprint density at radius 3 is 1.93 bits per heavy atom. The van der Waals surface area contributed by atoms with Gasteiger partial charge in [-0.15, -0.1) is 0 Å². The zero-order valence-corrected chi connectivity index (χ0v) is 18.3. The van der Waals surface area contributed by atoms with E-state index in [1.807, 2.05) is 0 Å². The molecular weight excluding hydrogens is 373 g/mol. The van der Waals surface area contributed by atoms with Crippen LogP contribution in [0.4, 0.5) is 0 Å². The highest BCUT2D eigenvalue weighted by Gasteiger charge is 2.30. The molecule has 1 heterocycles. The Hall–Kier alpha value is -2.44. The molecule has 148 valence electrons. The summed E-state index contributed by atoms with van der Waals surface area (Å²) < 4.78 is 6.00. The van der Waals surface area contributed by atoms with Gasteiger partial charge in [-0.3, -0.25) is 0 Å². The van der Waals surface area contributed by atoms with Crippen LogP contribution >= 0.6 is 7.92 Å². The molecule has 3 aromatic carbocycles. The van der Waals surface area contributed by atoms with Crippen molar-refractivity contribution in [1.82, 2.24) is 0 Å². The molecule has 0 aliphatic carbocycles. The van der Waals surface area contributed by atoms with E-state index in [9.17, 15) is 0 Å². The van der Waals surface area contributed by atoms with E-state index in [0.29, 0.717) is 6.61 Å². The zero-order chi connectivity index (χ0) is 20.3. The van der Waals surface area contributed by atoms with E-state index < -0.39 is 7.92 Å². The summed E-state index contributed by atoms with van der Waals surface area (Å²) in [6.07, 6.45) is 0.751. The fourth-order valence-electron chi connectivity index (χ4n) is 3.59. The molecule has 1 aliphatic heterocycles. The van der Waals surface area contributed by atoms with Gasteiger partial charge in [0.05, 0.1) is 6.04 Å². The minimum absolute atomic E-state index is 0.127. The van der Waals surface area contributed by atoms with Gasteiger partial charge in [-0.05, 0) is 34.8 Å². The number of ether oxygens (including phenoxy) is 1. The predicted molar refractivity (Wildman–Crippen MR) is 125 cm³/mol. The van der Waals surface area contributed by atoms with Gasteiger partial charge in [-0.1, -0.05) is 106 Å². The monoisotopic (exact) mass is 401 g/mol. The Morgan fingerprint density at radius 2 is 1.38 bits per heavy atom. The largest absolute Gasteiger partial charge is 0.478 e. The van der Waals surface area contributed by atoms with E-state index in [1.165, 1.54) is 21.5 Å². The summed E-state index contributed by atoms with van der Waals surface area (Å²) in [4.78, 5) is 4.90. The molecule has 1 unspecified atom stereocenters. The quantitative estimate of drug-likeness (QED) is 0.561. The Bertz CT molecular complexity index is 937. The summed E-state index contributed by atoms with van der Waals surface area (Å²) >= 11 is 0. The van der Waals surface area contributed by atoms with Gasteiger partial charge >= 0.3 is 0 Å². The average molecular weight is 401 g/mol. The summed E-state index contributed by atoms with van der Waals surface area (Å²) in [5.41, 5.74) is 1.43. The number of rotatable bonds is 5. The zero-order valence-electron chi connectivity index (χ0n) is 17.4. The van der Waals surface area contributed by atoms with E-state index in [2.05, 4.69) is 106 Å². The normalized spacial score (nSPS) is 16.6. The van der Waals surface area contributed by atoms with Gasteiger partial charge in [-0.25, -0.2) is 4.99 Å². The SMILES string of the molecule is CC(C)(C)C1COC(Cc2ccccc2P(c2ccccc2)c2ccccc2)=N1. The smallest absolute Gasteiger partial charge is 0.188 e. The van der Waals surface area contributed by atoms with Crippen molar-refractivity contribution in [3.8, 4) is 0 Å². The van der Waals surface area contributed by atoms with Crippen LogP contribution in [-0.2, 0) is 11.2 Å². The maximum absolute atomic E-state index is 6.00. The van der Waals surface area contributed by atoms with Crippen LogP contribution in [0.15, 0.2) is 89.9 Å². The summed E-state index contributed by atoms with van der Waals surface area (Å²) in [6.45, 7) is 7.37. The second-order valence-electron chi connectivity index (χ2n) is 8.53. The molecule has 4 rings (SSSR count). The van der Waals surface area contributed by atoms with Crippen LogP contribution in [-0.4, -0.2) is 18.5 Å². The van der Waals surface area contributed by atoms with Crippen molar-refractivity contribution in [1.29, 1.82) is 0 Å². The first-order valence-electron chi connectivity index (χ1n) is 10.2. The molecule has 3 aromatic rings. The van der Waals surface area contributed by atoms with E-state index in [4.69, 9.17) is 9.73 Å². The minimum atomic E-state index is -0.631. The number of hydrogen-bond acceptors (Lipinski definition) is 2. The predicted octanol–water partition coefficient (Wildman–Crippen LogP) is 4.83. The lowest BCUT2D eigenvalue weighted by atomic mass is 9.88. The van der Waals surface area contributed by atoms with Gasteiger partial charge in [0, 0.05) is 6.42 Å². The van der Waals surface area contributed by atoms with Crippen LogP contribution in [0.25, 0.3) is 0 Å². The molecule has 3 heteroatoms. The summed E-state index contributed by atoms with van der Waals surface area (Å²) in [6, 6.07) is 30.7. The molecule has 2 nitrogen and oxygen atoms in total. The van der Waals surface area contributed by atoms with Crippen LogP contribution in [0.3, 0.4) is 0 Å². The summed E-state index contributed by atoms with van der Waals surface area (Å²) in [5, 5.41) is 4.11. The molecule has 0 spiro atoms. The lowest BCUT2D eigenvalue weighted by Crippen LogP contribution is -2.25. The second kappa shape index (κ2) is 8.51. The van der Waals surface area contributed by atoms with Gasteiger partial charge in [0.1, 0.15) is 6.61 Å². The van der Waals surface area contributed by atoms with Crippen LogP contribution in [0.1, 0.15) is 26.3 Å². The molecule has 1 aliphatic rings. The maximum Gasteiger partial charge on any atom is 0.188 e. The highest BCUT2D eigenvalue weighted by molar-refractivity contribution is 7.79. The van der Waals surface area contributed by atoms with E-state index in [0.717, 1.165) is 12.3 Å². The number of benzene rings is 3. The van der Waals surface area contributed by atoms with Crippen LogP contribution < -0.4 is 15.9 Å². The van der Waals surface area contributed by atoms with E-state index >= 15 is 0 Å². The van der Waals surface area contributed by atoms with Crippen LogP contribution in [0.2, 0.25) is 0 Å². The Balaban J connectivity index is 1.72. The maximum atomic E-state index is 6.00. The first-order chi connectivity index (χ1) is 14.0. The van der Waals surface area contributed by atoms with Crippen molar-refractivity contribution < 1.29 is 4.74 Å². The van der Waals surface area contributed by atoms with Crippen LogP contribution in [0, 0.1) is 5.41 Å². The number of hydrogen-bond donors (Lipinski definition) is 0. The standard InChI is InChI=1S/C26H28NOP/c1-26(2,3)24-19-28-25(27-24)18-20-12-10-11-17-23(20)29(21-13-6-4-7-14-21)22-15-8-5-9-16-22/h4-17,24H,18-19H2,1-3H3. The molecule has 0 N–H and O–H groups in total. The molecule has 29 heavy (non-hydrogen) atoms. The first-order valence-corrected chi connectivity index (χ1v) is 11.5. The summed E-state index contributed by atoms with van der Waals surface area (Å²) in [5.74, 6) is 0.869. The highest BCUT2D eigenvalue weighted by Crippen LogP contribution is 2.34. The molecule has 0 saturated carbocycles. The average Bonchev–Trinajstić information content (AvgIpc) is 3.20. The molecule has 0 radical (unpaired) electrons. The number of aliphatic imine (C=N–C) groups is 1. The third-order valence-electron chi connectivity index (χ3n) is 5.31. The van der Waals surface area contributed by atoms with Gasteiger partial charge < -0.3 is 4.74 Å². The van der Waals surface area contributed by atoms with Crippen molar-refractivity contribution in [2.75, 3.05) is 6.61 Å². The van der Waals surface area contributed by atoms with Crippen molar-refractivity contribution in [3.05, 3.63) is 90.5 Å². The van der Waals surface area contributed by atoms with Crippen LogP contribution in [0.5, 0.6) is 0 Å². The van der Waals surface area contributed by atoms with Gasteiger partial charge in [0.15, 0.2) is 5.90 Å². The van der Waals surface area contributed by atoms with Crippen molar-refractivity contribution >= 4 is 29.7 Å². The fourth-order valence-corrected chi connectivity index (χ4v) is 6.06. The molecular formula is C26H28NOP. The van der Waals surface area contributed by atoms with Gasteiger partial charge in [0.25, 0.3) is 0 Å². The van der Waals surface area contributed by atoms with Gasteiger partial charge in [-0.2, -0.15) is 0 Å². The van der Waals surface area contributed by atoms with Crippen molar-refractivity contribution in [2.24, 2.45) is 10.4 Å². The summed E-state index contributed by atoms with van der Waals surface area (Å²) in [7, 11) is -0.631. The first kappa shape index (κ1) is 19.9. The third kappa shape index (κ3) is 4.60. The van der Waals surface area contributed by atoms with Crippen molar-refractivity contribution in [2.45, 2.75) is 33.2 Å². The lowest BCUT2D eigenvalue weighted by molar-refractivity contribution is 0.233. The molecule has 0 saturated heterocycles. The Labute approximate surface area is 175 Å².